The average Bonchev–Trinajstić information content (AvgIpc) is 2.82. The number of methoxy groups -OCH3 is 1. The van der Waals surface area contributed by atoms with Crippen LogP contribution in [0.3, 0.4) is 0 Å². The molecule has 3 nitrogen and oxygen atoms in total. The van der Waals surface area contributed by atoms with Crippen molar-refractivity contribution >= 4 is 0 Å². The van der Waals surface area contributed by atoms with Crippen LogP contribution in [0.15, 0.2) is 72.8 Å². The summed E-state index contributed by atoms with van der Waals surface area (Å²) in [4.78, 5) is 0. The lowest BCUT2D eigenvalue weighted by atomic mass is 9.86. The molecule has 0 aliphatic carbocycles. The highest BCUT2D eigenvalue weighted by Crippen LogP contribution is 2.36. The van der Waals surface area contributed by atoms with Crippen LogP contribution in [0.1, 0.15) is 33.7 Å². The van der Waals surface area contributed by atoms with Gasteiger partial charge in [0.05, 0.1) is 31.5 Å². The molecule has 0 aliphatic heterocycles. The van der Waals surface area contributed by atoms with E-state index >= 15 is 0 Å². The highest BCUT2D eigenvalue weighted by atomic mass is 19.4. The van der Waals surface area contributed by atoms with Gasteiger partial charge >= 0.3 is 12.4 Å². The van der Waals surface area contributed by atoms with Crippen LogP contribution in [0.4, 0.5) is 26.3 Å². The lowest BCUT2D eigenvalue weighted by Crippen LogP contribution is -2.34. The Morgan fingerprint density at radius 3 is 1.97 bits per heavy atom. The molecule has 3 aromatic carbocycles. The molecule has 0 aliphatic rings. The number of halogens is 6. The minimum absolute atomic E-state index is 0.0771. The molecule has 188 valence electrons. The Morgan fingerprint density at radius 2 is 1.40 bits per heavy atom. The summed E-state index contributed by atoms with van der Waals surface area (Å²) < 4.78 is 89.5. The number of nitrogens with two attached hydrogens (primary N) is 1. The van der Waals surface area contributed by atoms with Crippen LogP contribution < -0.4 is 10.5 Å². The SMILES string of the molecule is COc1cccc(C(Cc2ccccc2)C(N)COCc2cc(C(F)(F)F)cc(C(F)(F)F)c2)c1. The van der Waals surface area contributed by atoms with Crippen molar-refractivity contribution in [3.05, 3.63) is 101 Å². The maximum Gasteiger partial charge on any atom is 0.416 e. The molecule has 3 rings (SSSR count). The number of ether oxygens (including phenoxy) is 2. The maximum atomic E-state index is 13.1. The monoisotopic (exact) mass is 497 g/mol. The van der Waals surface area contributed by atoms with Crippen molar-refractivity contribution in [2.75, 3.05) is 13.7 Å². The predicted molar refractivity (Wildman–Crippen MR) is 120 cm³/mol. The van der Waals surface area contributed by atoms with Gasteiger partial charge in [0.15, 0.2) is 0 Å². The van der Waals surface area contributed by atoms with Crippen molar-refractivity contribution in [3.8, 4) is 5.75 Å². The molecule has 2 unspecified atom stereocenters. The molecule has 9 heteroatoms. The van der Waals surface area contributed by atoms with Crippen LogP contribution in [0.25, 0.3) is 0 Å². The molecule has 2 atom stereocenters. The molecule has 35 heavy (non-hydrogen) atoms. The van der Waals surface area contributed by atoms with Gasteiger partial charge in [0.1, 0.15) is 5.75 Å². The number of hydrogen-bond donors (Lipinski definition) is 1. The summed E-state index contributed by atoms with van der Waals surface area (Å²) in [6.07, 6.45) is -9.28. The second-order valence-corrected chi connectivity index (χ2v) is 8.17. The van der Waals surface area contributed by atoms with Gasteiger partial charge in [-0.2, -0.15) is 26.3 Å². The van der Waals surface area contributed by atoms with Crippen LogP contribution >= 0.6 is 0 Å². The first-order chi connectivity index (χ1) is 16.5. The van der Waals surface area contributed by atoms with Gasteiger partial charge in [-0.05, 0) is 53.4 Å². The first-order valence-electron chi connectivity index (χ1n) is 10.8. The standard InChI is InChI=1S/C26H25F6NO2/c1-34-22-9-5-8-19(13-22)23(12-17-6-3-2-4-7-17)24(33)16-35-15-18-10-20(25(27,28)29)14-21(11-18)26(30,31)32/h2-11,13-14,23-24H,12,15-16,33H2,1H3. The summed E-state index contributed by atoms with van der Waals surface area (Å²) in [6.45, 7) is -0.525. The van der Waals surface area contributed by atoms with Crippen LogP contribution in [0, 0.1) is 0 Å². The van der Waals surface area contributed by atoms with E-state index in [0.717, 1.165) is 11.1 Å². The zero-order valence-electron chi connectivity index (χ0n) is 18.9. The lowest BCUT2D eigenvalue weighted by molar-refractivity contribution is -0.143. The normalized spacial score (nSPS) is 13.9. The van der Waals surface area contributed by atoms with Gasteiger partial charge in [0.2, 0.25) is 0 Å². The molecule has 0 amide bonds. The highest BCUT2D eigenvalue weighted by molar-refractivity contribution is 5.34. The van der Waals surface area contributed by atoms with E-state index in [4.69, 9.17) is 15.2 Å². The summed E-state index contributed by atoms with van der Waals surface area (Å²) in [5.41, 5.74) is 5.32. The molecule has 0 fully saturated rings. The Labute approximate surface area is 199 Å². The second kappa shape index (κ2) is 11.1. The van der Waals surface area contributed by atoms with Crippen LogP contribution in [-0.4, -0.2) is 19.8 Å². The Balaban J connectivity index is 1.77. The zero-order valence-corrected chi connectivity index (χ0v) is 18.9. The minimum Gasteiger partial charge on any atom is -0.497 e. The van der Waals surface area contributed by atoms with Gasteiger partial charge in [-0.3, -0.25) is 0 Å². The number of benzene rings is 3. The van der Waals surface area contributed by atoms with Gasteiger partial charge in [0, 0.05) is 12.0 Å². The van der Waals surface area contributed by atoms with E-state index in [2.05, 4.69) is 0 Å². The van der Waals surface area contributed by atoms with E-state index < -0.39 is 36.1 Å². The van der Waals surface area contributed by atoms with Crippen molar-refractivity contribution in [2.45, 2.75) is 37.3 Å². The third-order valence-corrected chi connectivity index (χ3v) is 5.56. The van der Waals surface area contributed by atoms with Crippen molar-refractivity contribution in [2.24, 2.45) is 5.73 Å². The number of alkyl halides is 6. The van der Waals surface area contributed by atoms with Crippen LogP contribution in [0.2, 0.25) is 0 Å². The molecular formula is C26H25F6NO2. The molecule has 0 radical (unpaired) electrons. The molecule has 0 saturated heterocycles. The molecule has 3 aromatic rings. The molecule has 2 N–H and O–H groups in total. The van der Waals surface area contributed by atoms with Gasteiger partial charge in [-0.15, -0.1) is 0 Å². The Bertz CT molecular complexity index is 1070. The Hall–Kier alpha value is -3.04. The average molecular weight is 497 g/mol. The van der Waals surface area contributed by atoms with Crippen molar-refractivity contribution in [1.82, 2.24) is 0 Å². The molecule has 0 saturated carbocycles. The fourth-order valence-electron chi connectivity index (χ4n) is 3.79. The Kier molecular flexibility index (Phi) is 8.45. The van der Waals surface area contributed by atoms with Crippen LogP contribution in [-0.2, 0) is 30.1 Å². The van der Waals surface area contributed by atoms with Crippen molar-refractivity contribution in [3.63, 3.8) is 0 Å². The van der Waals surface area contributed by atoms with Gasteiger partial charge in [-0.25, -0.2) is 0 Å². The Morgan fingerprint density at radius 1 is 0.771 bits per heavy atom. The molecule has 0 bridgehead atoms. The first-order valence-corrected chi connectivity index (χ1v) is 10.8. The van der Waals surface area contributed by atoms with E-state index in [1.165, 1.54) is 0 Å². The second-order valence-electron chi connectivity index (χ2n) is 8.17. The fraction of sp³-hybridized carbons (Fsp3) is 0.308. The fourth-order valence-corrected chi connectivity index (χ4v) is 3.79. The van der Waals surface area contributed by atoms with Crippen molar-refractivity contribution < 1.29 is 35.8 Å². The maximum absolute atomic E-state index is 13.1. The third-order valence-electron chi connectivity index (χ3n) is 5.56. The number of rotatable bonds is 9. The quantitative estimate of drug-likeness (QED) is 0.339. The summed E-state index contributed by atoms with van der Waals surface area (Å²) in [6, 6.07) is 17.7. The summed E-state index contributed by atoms with van der Waals surface area (Å²) in [7, 11) is 1.54. The van der Waals surface area contributed by atoms with E-state index in [9.17, 15) is 26.3 Å². The van der Waals surface area contributed by atoms with Crippen LogP contribution in [0.5, 0.6) is 5.75 Å². The minimum atomic E-state index is -4.92. The first kappa shape index (κ1) is 26.6. The van der Waals surface area contributed by atoms with E-state index in [1.807, 2.05) is 48.5 Å². The summed E-state index contributed by atoms with van der Waals surface area (Å²) in [5, 5.41) is 0. The largest absolute Gasteiger partial charge is 0.497 e. The molecule has 0 aromatic heterocycles. The molecular weight excluding hydrogens is 472 g/mol. The zero-order chi connectivity index (χ0) is 25.6. The predicted octanol–water partition coefficient (Wildman–Crippen LogP) is 6.60. The van der Waals surface area contributed by atoms with Gasteiger partial charge in [0.25, 0.3) is 0 Å². The molecule has 0 spiro atoms. The number of hydrogen-bond acceptors (Lipinski definition) is 3. The van der Waals surface area contributed by atoms with Crippen molar-refractivity contribution in [1.29, 1.82) is 0 Å². The van der Waals surface area contributed by atoms with E-state index in [0.29, 0.717) is 24.3 Å². The summed E-state index contributed by atoms with van der Waals surface area (Å²) in [5.74, 6) is 0.400. The third kappa shape index (κ3) is 7.47. The molecule has 0 heterocycles. The van der Waals surface area contributed by atoms with E-state index in [1.54, 1.807) is 13.2 Å². The summed E-state index contributed by atoms with van der Waals surface area (Å²) >= 11 is 0. The lowest BCUT2D eigenvalue weighted by Gasteiger charge is -2.25. The van der Waals surface area contributed by atoms with Gasteiger partial charge in [-0.1, -0.05) is 42.5 Å². The smallest absolute Gasteiger partial charge is 0.416 e. The topological polar surface area (TPSA) is 44.5 Å². The van der Waals surface area contributed by atoms with E-state index in [-0.39, 0.29) is 24.2 Å². The highest BCUT2D eigenvalue weighted by Gasteiger charge is 2.37. The van der Waals surface area contributed by atoms with Gasteiger partial charge < -0.3 is 15.2 Å².